The molecule has 0 N–H and O–H groups in total. The Morgan fingerprint density at radius 1 is 0.875 bits per heavy atom. The van der Waals surface area contributed by atoms with Crippen LogP contribution in [0.3, 0.4) is 0 Å². The minimum Gasteiger partial charge on any atom is -0.497 e. The van der Waals surface area contributed by atoms with E-state index in [0.29, 0.717) is 41.5 Å². The van der Waals surface area contributed by atoms with Gasteiger partial charge in [-0.15, -0.1) is 0 Å². The highest BCUT2D eigenvalue weighted by Crippen LogP contribution is 2.33. The molecule has 48 heavy (non-hydrogen) atoms. The smallest absolute Gasteiger partial charge is 0.253 e. The van der Waals surface area contributed by atoms with E-state index < -0.39 is 0 Å². The third kappa shape index (κ3) is 8.06. The van der Waals surface area contributed by atoms with Gasteiger partial charge in [0, 0.05) is 63.9 Å². The Kier molecular flexibility index (Phi) is 11.2. The van der Waals surface area contributed by atoms with E-state index in [1.165, 1.54) is 0 Å². The van der Waals surface area contributed by atoms with Crippen LogP contribution in [0.2, 0.25) is 0 Å². The van der Waals surface area contributed by atoms with Gasteiger partial charge in [-0.1, -0.05) is 37.3 Å². The molecule has 0 radical (unpaired) electrons. The fourth-order valence-electron chi connectivity index (χ4n) is 5.78. The highest BCUT2D eigenvalue weighted by Gasteiger charge is 2.24. The topological polar surface area (TPSA) is 89.4 Å². The van der Waals surface area contributed by atoms with E-state index in [9.17, 15) is 9.59 Å². The number of para-hydroxylation sites is 1. The van der Waals surface area contributed by atoms with Crippen molar-refractivity contribution in [1.82, 2.24) is 24.5 Å². The van der Waals surface area contributed by atoms with Crippen LogP contribution in [0.1, 0.15) is 35.7 Å². The average molecular weight is 652 g/mol. The number of carbonyl (C=O) groups is 2. The lowest BCUT2D eigenvalue weighted by Crippen LogP contribution is -2.48. The van der Waals surface area contributed by atoms with Gasteiger partial charge in [-0.3, -0.25) is 9.59 Å². The molecule has 1 fully saturated rings. The highest BCUT2D eigenvalue weighted by atomic mass is 16.5. The van der Waals surface area contributed by atoms with Gasteiger partial charge in [0.05, 0.1) is 25.6 Å². The van der Waals surface area contributed by atoms with Gasteiger partial charge in [0.2, 0.25) is 11.8 Å². The molecule has 4 aromatic rings. The number of nitrogens with zero attached hydrogens (tertiary/aromatic N) is 5. The number of benzene rings is 3. The van der Waals surface area contributed by atoms with Crippen LogP contribution in [-0.2, 0) is 16.0 Å². The van der Waals surface area contributed by atoms with Crippen LogP contribution in [0.5, 0.6) is 23.1 Å². The summed E-state index contributed by atoms with van der Waals surface area (Å²) in [5.41, 5.74) is 4.56. The number of ether oxygens (including phenoxy) is 3. The molecule has 0 unspecified atom stereocenters. The van der Waals surface area contributed by atoms with Crippen LogP contribution in [0.4, 0.5) is 0 Å². The van der Waals surface area contributed by atoms with E-state index in [0.717, 1.165) is 60.8 Å². The summed E-state index contributed by atoms with van der Waals surface area (Å²) >= 11 is 0. The number of hydrogen-bond acceptors (Lipinski definition) is 7. The fraction of sp³-hybridized carbons (Fsp3) is 0.342. The maximum atomic E-state index is 13.4. The van der Waals surface area contributed by atoms with Crippen molar-refractivity contribution in [3.63, 3.8) is 0 Å². The fourth-order valence-corrected chi connectivity index (χ4v) is 5.78. The first-order valence-corrected chi connectivity index (χ1v) is 16.3. The van der Waals surface area contributed by atoms with Crippen molar-refractivity contribution in [2.45, 2.75) is 26.7 Å². The van der Waals surface area contributed by atoms with Gasteiger partial charge in [0.25, 0.3) is 5.91 Å². The predicted molar refractivity (Wildman–Crippen MR) is 188 cm³/mol. The molecule has 10 nitrogen and oxygen atoms in total. The molecule has 1 saturated heterocycles. The van der Waals surface area contributed by atoms with Crippen molar-refractivity contribution in [2.24, 2.45) is 0 Å². The van der Waals surface area contributed by atoms with Crippen molar-refractivity contribution >= 4 is 23.5 Å². The first kappa shape index (κ1) is 34.3. The van der Waals surface area contributed by atoms with Crippen molar-refractivity contribution in [3.8, 4) is 28.8 Å². The van der Waals surface area contributed by atoms with Crippen LogP contribution in [-0.4, -0.2) is 97.3 Å². The number of piperazine rings is 1. The summed E-state index contributed by atoms with van der Waals surface area (Å²) in [6, 6.07) is 22.7. The van der Waals surface area contributed by atoms with Gasteiger partial charge in [0.1, 0.15) is 17.2 Å². The second-order valence-electron chi connectivity index (χ2n) is 12.0. The summed E-state index contributed by atoms with van der Waals surface area (Å²) < 4.78 is 19.2. The zero-order valence-corrected chi connectivity index (χ0v) is 28.7. The third-order valence-corrected chi connectivity index (χ3v) is 8.60. The van der Waals surface area contributed by atoms with Crippen molar-refractivity contribution in [1.29, 1.82) is 0 Å². The Labute approximate surface area is 283 Å². The number of rotatable bonds is 12. The average Bonchev–Trinajstić information content (AvgIpc) is 3.43. The Balaban J connectivity index is 1.43. The first-order valence-electron chi connectivity index (χ1n) is 16.3. The minimum atomic E-state index is -0.147. The van der Waals surface area contributed by atoms with Crippen LogP contribution in [0, 0.1) is 6.92 Å². The molecule has 1 aromatic heterocycles. The lowest BCUT2D eigenvalue weighted by Gasteiger charge is -2.34. The van der Waals surface area contributed by atoms with E-state index >= 15 is 0 Å². The number of carbonyl (C=O) groups excluding carboxylic acids is 2. The maximum absolute atomic E-state index is 13.4. The molecule has 0 saturated carbocycles. The van der Waals surface area contributed by atoms with Crippen molar-refractivity contribution in [2.75, 3.05) is 61.0 Å². The Morgan fingerprint density at radius 2 is 1.52 bits per heavy atom. The SMILES string of the molecule is CCN1CCN(C(=O)CCc2c(C)nn(-c3ccccc3)c2Oc2ccc(C(=Cc3cc(OC)cc(OC)c3)C(=O)N(C)C)cc2)CC1. The summed E-state index contributed by atoms with van der Waals surface area (Å²) in [7, 11) is 6.64. The van der Waals surface area contributed by atoms with Crippen LogP contribution in [0.15, 0.2) is 72.8 Å². The number of aryl methyl sites for hydroxylation is 1. The second-order valence-corrected chi connectivity index (χ2v) is 12.0. The number of hydrogen-bond donors (Lipinski definition) is 0. The lowest BCUT2D eigenvalue weighted by atomic mass is 10.0. The molecule has 5 rings (SSSR count). The summed E-state index contributed by atoms with van der Waals surface area (Å²) in [5.74, 6) is 2.40. The molecule has 3 aromatic carbocycles. The van der Waals surface area contributed by atoms with Crippen LogP contribution in [0.25, 0.3) is 17.3 Å². The molecule has 1 aliphatic rings. The Morgan fingerprint density at radius 3 is 2.10 bits per heavy atom. The molecular weight excluding hydrogens is 606 g/mol. The third-order valence-electron chi connectivity index (χ3n) is 8.60. The molecular formula is C38H45N5O5. The van der Waals surface area contributed by atoms with Gasteiger partial charge < -0.3 is 28.9 Å². The van der Waals surface area contributed by atoms with Crippen molar-refractivity contribution in [3.05, 3.63) is 95.2 Å². The first-order chi connectivity index (χ1) is 23.2. The quantitative estimate of drug-likeness (QED) is 0.143. The minimum absolute atomic E-state index is 0.145. The predicted octanol–water partition coefficient (Wildman–Crippen LogP) is 5.72. The van der Waals surface area contributed by atoms with Gasteiger partial charge in [-0.2, -0.15) is 5.10 Å². The molecule has 2 heterocycles. The maximum Gasteiger partial charge on any atom is 0.253 e. The van der Waals surface area contributed by atoms with Gasteiger partial charge >= 0.3 is 0 Å². The van der Waals surface area contributed by atoms with E-state index in [1.54, 1.807) is 44.0 Å². The van der Waals surface area contributed by atoms with Crippen molar-refractivity contribution < 1.29 is 23.8 Å². The standard InChI is InChI=1S/C38H45N5O5/c1-7-41-19-21-42(22-20-41)36(44)18-17-34-27(2)39-43(30-11-9-8-10-12-30)38(34)48-31-15-13-29(14-16-31)35(37(45)40(3)4)25-28-23-32(46-5)26-33(24-28)47-6/h8-16,23-26H,7,17-22H2,1-6H3. The molecule has 0 spiro atoms. The van der Waals surface area contributed by atoms with Gasteiger partial charge in [-0.05, 0) is 73.5 Å². The molecule has 0 bridgehead atoms. The molecule has 10 heteroatoms. The monoisotopic (exact) mass is 651 g/mol. The molecule has 1 aliphatic heterocycles. The van der Waals surface area contributed by atoms with Gasteiger partial charge in [0.15, 0.2) is 0 Å². The number of likely N-dealkylation sites (N-methyl/N-ethyl adjacent to an activating group) is 2. The van der Waals surface area contributed by atoms with Crippen LogP contribution < -0.4 is 14.2 Å². The zero-order valence-electron chi connectivity index (χ0n) is 28.7. The zero-order chi connectivity index (χ0) is 34.2. The molecule has 0 atom stereocenters. The summed E-state index contributed by atoms with van der Waals surface area (Å²) in [4.78, 5) is 32.5. The van der Waals surface area contributed by atoms with E-state index in [4.69, 9.17) is 19.3 Å². The number of amides is 2. The number of aromatic nitrogens is 2. The normalized spacial score (nSPS) is 13.7. The molecule has 252 valence electrons. The van der Waals surface area contributed by atoms with Gasteiger partial charge in [-0.25, -0.2) is 4.68 Å². The molecule has 2 amide bonds. The van der Waals surface area contributed by atoms with E-state index in [1.807, 2.05) is 84.6 Å². The highest BCUT2D eigenvalue weighted by molar-refractivity contribution is 6.24. The van der Waals surface area contributed by atoms with E-state index in [-0.39, 0.29) is 11.8 Å². The summed E-state index contributed by atoms with van der Waals surface area (Å²) in [5, 5.41) is 4.83. The Hall–Kier alpha value is -5.09. The Bertz CT molecular complexity index is 1720. The summed E-state index contributed by atoms with van der Waals surface area (Å²) in [6.45, 7) is 8.42. The van der Waals surface area contributed by atoms with E-state index in [2.05, 4.69) is 11.8 Å². The number of methoxy groups -OCH3 is 2. The lowest BCUT2D eigenvalue weighted by molar-refractivity contribution is -0.132. The van der Waals surface area contributed by atoms with Crippen LogP contribution >= 0.6 is 0 Å². The molecule has 0 aliphatic carbocycles. The largest absolute Gasteiger partial charge is 0.497 e. The summed E-state index contributed by atoms with van der Waals surface area (Å²) in [6.07, 6.45) is 2.71. The second kappa shape index (κ2) is 15.7.